The minimum atomic E-state index is 0.863. The summed E-state index contributed by atoms with van der Waals surface area (Å²) in [5.41, 5.74) is 3.45. The first kappa shape index (κ1) is 22.9. The van der Waals surface area contributed by atoms with Crippen LogP contribution >= 0.6 is 0 Å². The van der Waals surface area contributed by atoms with Crippen molar-refractivity contribution < 1.29 is 4.84 Å². The minimum absolute atomic E-state index is 0.863. The summed E-state index contributed by atoms with van der Waals surface area (Å²) in [6.45, 7) is 9.69. The smallest absolute Gasteiger partial charge is 0.0701 e. The third kappa shape index (κ3) is 18.1. The summed E-state index contributed by atoms with van der Waals surface area (Å²) >= 11 is 0. The fourth-order valence-corrected chi connectivity index (χ4v) is 2.68. The third-order valence-electron chi connectivity index (χ3n) is 4.28. The first-order chi connectivity index (χ1) is 11.3. The normalized spacial score (nSPS) is 11.5. The van der Waals surface area contributed by atoms with Crippen LogP contribution in [-0.2, 0) is 4.84 Å². The zero-order valence-corrected chi connectivity index (χ0v) is 16.4. The molecule has 0 rings (SSSR count). The quantitative estimate of drug-likeness (QED) is 0.224. The van der Waals surface area contributed by atoms with Gasteiger partial charge in [-0.1, -0.05) is 91.4 Å². The van der Waals surface area contributed by atoms with E-state index in [4.69, 9.17) is 4.84 Å². The van der Waals surface area contributed by atoms with Gasteiger partial charge in [0.05, 0.1) is 6.61 Å². The third-order valence-corrected chi connectivity index (χ3v) is 4.28. The van der Waals surface area contributed by atoms with Crippen LogP contribution in [-0.4, -0.2) is 24.9 Å². The molecule has 0 aromatic carbocycles. The predicted molar refractivity (Wildman–Crippen MR) is 102 cm³/mol. The Morgan fingerprint density at radius 1 is 0.609 bits per heavy atom. The molecule has 0 radical (unpaired) electrons. The van der Waals surface area contributed by atoms with E-state index in [0.717, 1.165) is 19.7 Å². The van der Waals surface area contributed by atoms with Crippen LogP contribution in [0.2, 0.25) is 0 Å². The Morgan fingerprint density at radius 3 is 1.78 bits per heavy atom. The molecule has 23 heavy (non-hydrogen) atoms. The highest BCUT2D eigenvalue weighted by molar-refractivity contribution is 4.48. The highest BCUT2D eigenvalue weighted by Gasteiger charge is 2.04. The first-order valence-electron chi connectivity index (χ1n) is 10.5. The molecule has 0 heterocycles. The molecule has 0 aromatic heterocycles. The maximum atomic E-state index is 5.94. The minimum Gasteiger partial charge on any atom is -0.284 e. The van der Waals surface area contributed by atoms with Gasteiger partial charge in [-0.2, -0.15) is 0 Å². The van der Waals surface area contributed by atoms with E-state index >= 15 is 0 Å². The summed E-state index contributed by atoms with van der Waals surface area (Å²) in [6.07, 6.45) is 18.4. The number of nitrogens with one attached hydrogen (secondary N) is 1. The molecular formula is C20H44N2O. The van der Waals surface area contributed by atoms with Crippen molar-refractivity contribution in [3.63, 3.8) is 0 Å². The van der Waals surface area contributed by atoms with Crippen molar-refractivity contribution in [1.82, 2.24) is 10.6 Å². The Labute approximate surface area is 146 Å². The van der Waals surface area contributed by atoms with Gasteiger partial charge in [-0.15, -0.1) is 5.17 Å². The number of hydroxylamine groups is 1. The fraction of sp³-hybridized carbons (Fsp3) is 1.00. The van der Waals surface area contributed by atoms with Crippen LogP contribution in [0, 0.1) is 0 Å². The van der Waals surface area contributed by atoms with Crippen LogP contribution in [0.5, 0.6) is 0 Å². The number of rotatable bonds is 19. The molecule has 3 nitrogen and oxygen atoms in total. The second-order valence-corrected chi connectivity index (χ2v) is 6.73. The van der Waals surface area contributed by atoms with Crippen molar-refractivity contribution in [2.75, 3.05) is 19.7 Å². The van der Waals surface area contributed by atoms with Crippen molar-refractivity contribution >= 4 is 0 Å². The highest BCUT2D eigenvalue weighted by atomic mass is 16.7. The van der Waals surface area contributed by atoms with E-state index in [0.29, 0.717) is 0 Å². The van der Waals surface area contributed by atoms with Gasteiger partial charge in [0.2, 0.25) is 0 Å². The number of hydrogen-bond donors (Lipinski definition) is 1. The molecule has 0 spiro atoms. The standard InChI is InChI=1S/C20H44N2O/c1-4-7-10-11-12-13-14-17-20-23-22(19-16-9-6-3)21-18-15-8-5-2/h21H,4-20H2,1-3H3. The average Bonchev–Trinajstić information content (AvgIpc) is 2.56. The molecule has 1 N–H and O–H groups in total. The van der Waals surface area contributed by atoms with E-state index in [2.05, 4.69) is 26.2 Å². The van der Waals surface area contributed by atoms with Gasteiger partial charge in [0.15, 0.2) is 0 Å². The zero-order chi connectivity index (χ0) is 17.0. The summed E-state index contributed by atoms with van der Waals surface area (Å²) in [5, 5.41) is 2.01. The Balaban J connectivity index is 3.56. The molecule has 3 heteroatoms. The van der Waals surface area contributed by atoms with Crippen LogP contribution in [0.15, 0.2) is 0 Å². The lowest BCUT2D eigenvalue weighted by molar-refractivity contribution is -0.197. The van der Waals surface area contributed by atoms with E-state index in [1.165, 1.54) is 89.9 Å². The average molecular weight is 329 g/mol. The number of nitrogens with zero attached hydrogens (tertiary/aromatic N) is 1. The van der Waals surface area contributed by atoms with Gasteiger partial charge in [0.1, 0.15) is 0 Å². The zero-order valence-electron chi connectivity index (χ0n) is 16.4. The molecule has 0 atom stereocenters. The Kier molecular flexibility index (Phi) is 19.8. The maximum Gasteiger partial charge on any atom is 0.0701 e. The fourth-order valence-electron chi connectivity index (χ4n) is 2.68. The van der Waals surface area contributed by atoms with Gasteiger partial charge in [-0.25, -0.2) is 5.43 Å². The van der Waals surface area contributed by atoms with E-state index in [1.54, 1.807) is 0 Å². The van der Waals surface area contributed by atoms with Crippen molar-refractivity contribution in [2.45, 2.75) is 111 Å². The Bertz CT molecular complexity index is 212. The van der Waals surface area contributed by atoms with Crippen LogP contribution < -0.4 is 5.43 Å². The second kappa shape index (κ2) is 19.9. The van der Waals surface area contributed by atoms with Gasteiger partial charge < -0.3 is 0 Å². The van der Waals surface area contributed by atoms with Crippen LogP contribution in [0.25, 0.3) is 0 Å². The largest absolute Gasteiger partial charge is 0.284 e. The van der Waals surface area contributed by atoms with E-state index in [9.17, 15) is 0 Å². The van der Waals surface area contributed by atoms with Crippen molar-refractivity contribution in [3.8, 4) is 0 Å². The Morgan fingerprint density at radius 2 is 1.13 bits per heavy atom. The first-order valence-corrected chi connectivity index (χ1v) is 10.5. The lowest BCUT2D eigenvalue weighted by atomic mass is 10.1. The topological polar surface area (TPSA) is 24.5 Å². The van der Waals surface area contributed by atoms with Crippen molar-refractivity contribution in [3.05, 3.63) is 0 Å². The van der Waals surface area contributed by atoms with E-state index in [-0.39, 0.29) is 0 Å². The molecule has 0 amide bonds. The van der Waals surface area contributed by atoms with E-state index < -0.39 is 0 Å². The molecule has 0 aliphatic rings. The molecule has 0 saturated carbocycles. The summed E-state index contributed by atoms with van der Waals surface area (Å²) in [6, 6.07) is 0. The van der Waals surface area contributed by atoms with Crippen LogP contribution in [0.1, 0.15) is 111 Å². The molecule has 0 unspecified atom stereocenters. The van der Waals surface area contributed by atoms with Gasteiger partial charge >= 0.3 is 0 Å². The maximum absolute atomic E-state index is 5.94. The second-order valence-electron chi connectivity index (χ2n) is 6.73. The monoisotopic (exact) mass is 328 g/mol. The molecule has 0 aliphatic carbocycles. The summed E-state index contributed by atoms with van der Waals surface area (Å²) in [4.78, 5) is 5.94. The molecular weight excluding hydrogens is 284 g/mol. The van der Waals surface area contributed by atoms with Crippen LogP contribution in [0.4, 0.5) is 0 Å². The molecule has 0 aromatic rings. The Hall–Kier alpha value is -0.120. The summed E-state index contributed by atoms with van der Waals surface area (Å²) in [7, 11) is 0. The summed E-state index contributed by atoms with van der Waals surface area (Å²) < 4.78 is 0. The predicted octanol–water partition coefficient (Wildman–Crippen LogP) is 6.25. The number of hydrazine groups is 1. The molecule has 0 saturated heterocycles. The van der Waals surface area contributed by atoms with Crippen molar-refractivity contribution in [1.29, 1.82) is 0 Å². The molecule has 0 fully saturated rings. The van der Waals surface area contributed by atoms with Crippen LogP contribution in [0.3, 0.4) is 0 Å². The van der Waals surface area contributed by atoms with Gasteiger partial charge in [0, 0.05) is 13.1 Å². The lowest BCUT2D eigenvalue weighted by Gasteiger charge is -2.22. The van der Waals surface area contributed by atoms with Gasteiger partial charge in [-0.05, 0) is 19.3 Å². The SMILES string of the molecule is CCCCCCCCCCON(CCCCC)NCCCCC. The number of unbranched alkanes of at least 4 members (excludes halogenated alkanes) is 11. The summed E-state index contributed by atoms with van der Waals surface area (Å²) in [5.74, 6) is 0. The van der Waals surface area contributed by atoms with Gasteiger partial charge in [0.25, 0.3) is 0 Å². The molecule has 140 valence electrons. The van der Waals surface area contributed by atoms with E-state index in [1.807, 2.05) is 5.17 Å². The number of hydrogen-bond acceptors (Lipinski definition) is 3. The van der Waals surface area contributed by atoms with Crippen molar-refractivity contribution in [2.24, 2.45) is 0 Å². The lowest BCUT2D eigenvalue weighted by Crippen LogP contribution is -2.39. The molecule has 0 bridgehead atoms. The molecule has 0 aliphatic heterocycles. The van der Waals surface area contributed by atoms with Gasteiger partial charge in [-0.3, -0.25) is 4.84 Å². The highest BCUT2D eigenvalue weighted by Crippen LogP contribution is 2.08.